The van der Waals surface area contributed by atoms with Gasteiger partial charge in [-0.1, -0.05) is 43.4 Å². The normalized spacial score (nSPS) is 30.9. The van der Waals surface area contributed by atoms with Gasteiger partial charge in [0.2, 0.25) is 0 Å². The minimum atomic E-state index is -1.81. The minimum Gasteiger partial charge on any atom is -0.477 e. The number of allylic oxidation sites excluding steroid dienone is 6. The molecule has 3 aliphatic rings. The molecule has 210 valence electrons. The maximum atomic E-state index is 12.5. The third kappa shape index (κ3) is 9.95. The fraction of sp³-hybridized carbons (Fsp3) is 0.767. The topological polar surface area (TPSA) is 94.5 Å². The number of hydrogen-bond donors (Lipinski definition) is 2. The van der Waals surface area contributed by atoms with Gasteiger partial charge in [-0.15, -0.1) is 0 Å². The first-order valence-corrected chi connectivity index (χ1v) is 14.5. The molecule has 2 N–H and O–H groups in total. The van der Waals surface area contributed by atoms with E-state index in [4.69, 9.17) is 18.9 Å². The summed E-state index contributed by atoms with van der Waals surface area (Å²) < 4.78 is 23.4. The summed E-state index contributed by atoms with van der Waals surface area (Å²) in [5.41, 5.74) is 0. The monoisotopic (exact) mass is 520 g/mol. The summed E-state index contributed by atoms with van der Waals surface area (Å²) in [6.07, 6.45) is 23.0. The van der Waals surface area contributed by atoms with Crippen LogP contribution in [0.4, 0.5) is 0 Å². The molecule has 2 saturated heterocycles. The van der Waals surface area contributed by atoms with Crippen LogP contribution < -0.4 is 0 Å². The molecule has 5 atom stereocenters. The number of carboxylic acid groups (broad SMARTS) is 1. The number of aliphatic hydroxyl groups excluding tert-OH is 1. The third-order valence-corrected chi connectivity index (χ3v) is 7.59. The average molecular weight is 521 g/mol. The molecule has 0 aromatic heterocycles. The highest BCUT2D eigenvalue weighted by molar-refractivity contribution is 5.75. The highest BCUT2D eigenvalue weighted by atomic mass is 16.8. The van der Waals surface area contributed by atoms with Crippen LogP contribution in [0.15, 0.2) is 36.5 Å². The average Bonchev–Trinajstić information content (AvgIpc) is 3.25. The SMILES string of the molecule is CC/C=C\CC/C=C/[C@H]1CC[C@H](O)[C@@H]1C/C=C\CCC(OC1CCCCO1)(OC1CCCCO1)C(=O)O. The zero-order valence-corrected chi connectivity index (χ0v) is 22.6. The van der Waals surface area contributed by atoms with Crippen molar-refractivity contribution in [3.63, 3.8) is 0 Å². The van der Waals surface area contributed by atoms with Crippen LogP contribution in [0.3, 0.4) is 0 Å². The fourth-order valence-electron chi connectivity index (χ4n) is 5.43. The predicted molar refractivity (Wildman–Crippen MR) is 143 cm³/mol. The van der Waals surface area contributed by atoms with Gasteiger partial charge in [0, 0.05) is 19.6 Å². The van der Waals surface area contributed by atoms with Crippen molar-refractivity contribution in [3.05, 3.63) is 36.5 Å². The lowest BCUT2D eigenvalue weighted by Crippen LogP contribution is -2.51. The summed E-state index contributed by atoms with van der Waals surface area (Å²) in [5.74, 6) is -2.37. The largest absolute Gasteiger partial charge is 0.477 e. The Labute approximate surface area is 222 Å². The van der Waals surface area contributed by atoms with E-state index in [2.05, 4.69) is 37.3 Å². The van der Waals surface area contributed by atoms with Crippen LogP contribution in [0.1, 0.15) is 96.8 Å². The standard InChI is InChI=1S/C30H48O7/c1-2-3-4-5-6-8-15-24-19-20-26(31)25(24)16-9-7-12-21-30(29(32)33,36-27-17-10-13-22-34-27)37-28-18-11-14-23-35-28/h3-4,7-9,15,24-28,31H,2,5-6,10-14,16-23H2,1H3,(H,32,33)/b4-3-,9-7-,15-8+/t24-,25+,26-,27?,28?,30?/m0/s1. The molecule has 1 saturated carbocycles. The van der Waals surface area contributed by atoms with Gasteiger partial charge in [-0.25, -0.2) is 4.79 Å². The van der Waals surface area contributed by atoms with Gasteiger partial charge < -0.3 is 29.2 Å². The number of aliphatic hydroxyl groups is 1. The Kier molecular flexibility index (Phi) is 13.4. The molecule has 0 radical (unpaired) electrons. The van der Waals surface area contributed by atoms with E-state index in [1.165, 1.54) is 0 Å². The van der Waals surface area contributed by atoms with E-state index in [0.717, 1.165) is 64.2 Å². The van der Waals surface area contributed by atoms with Crippen LogP contribution in [-0.4, -0.2) is 53.9 Å². The molecule has 0 aromatic rings. The Hall–Kier alpha value is -1.51. The number of aliphatic carboxylic acids is 1. The summed E-state index contributed by atoms with van der Waals surface area (Å²) in [6.45, 7) is 3.27. The predicted octanol–water partition coefficient (Wildman–Crippen LogP) is 6.27. The molecule has 0 aromatic carbocycles. The van der Waals surface area contributed by atoms with Crippen LogP contribution in [0.5, 0.6) is 0 Å². The third-order valence-electron chi connectivity index (χ3n) is 7.59. The van der Waals surface area contributed by atoms with Gasteiger partial charge >= 0.3 is 5.97 Å². The minimum absolute atomic E-state index is 0.167. The summed E-state index contributed by atoms with van der Waals surface area (Å²) in [6, 6.07) is 0. The number of carboxylic acids is 1. The summed E-state index contributed by atoms with van der Waals surface area (Å²) in [5, 5.41) is 20.7. The Morgan fingerprint density at radius 1 is 0.865 bits per heavy atom. The summed E-state index contributed by atoms with van der Waals surface area (Å²) in [7, 11) is 0. The lowest BCUT2D eigenvalue weighted by molar-refractivity contribution is -0.352. The highest BCUT2D eigenvalue weighted by Gasteiger charge is 2.46. The molecular formula is C30H48O7. The molecule has 2 heterocycles. The van der Waals surface area contributed by atoms with Gasteiger partial charge in [-0.3, -0.25) is 0 Å². The summed E-state index contributed by atoms with van der Waals surface area (Å²) >= 11 is 0. The van der Waals surface area contributed by atoms with Crippen molar-refractivity contribution in [1.29, 1.82) is 0 Å². The smallest absolute Gasteiger partial charge is 0.364 e. The van der Waals surface area contributed by atoms with E-state index < -0.39 is 24.3 Å². The van der Waals surface area contributed by atoms with E-state index in [1.807, 2.05) is 6.08 Å². The van der Waals surface area contributed by atoms with Gasteiger partial charge in [-0.05, 0) is 95.3 Å². The molecular weight excluding hydrogens is 472 g/mol. The maximum Gasteiger partial charge on any atom is 0.364 e. The number of rotatable bonds is 15. The lowest BCUT2D eigenvalue weighted by Gasteiger charge is -2.37. The van der Waals surface area contributed by atoms with E-state index >= 15 is 0 Å². The van der Waals surface area contributed by atoms with Gasteiger partial charge in [0.1, 0.15) is 0 Å². The molecule has 2 aliphatic heterocycles. The Balaban J connectivity index is 1.55. The van der Waals surface area contributed by atoms with Crippen molar-refractivity contribution in [3.8, 4) is 0 Å². The van der Waals surface area contributed by atoms with Crippen LogP contribution in [0, 0.1) is 11.8 Å². The first-order valence-electron chi connectivity index (χ1n) is 14.5. The number of carbonyl (C=O) groups is 1. The molecule has 0 spiro atoms. The van der Waals surface area contributed by atoms with Crippen LogP contribution in [0.2, 0.25) is 0 Å². The quantitative estimate of drug-likeness (QED) is 0.149. The molecule has 0 bridgehead atoms. The van der Waals surface area contributed by atoms with E-state index in [-0.39, 0.29) is 18.4 Å². The van der Waals surface area contributed by atoms with Crippen molar-refractivity contribution in [2.75, 3.05) is 13.2 Å². The second kappa shape index (κ2) is 16.5. The first kappa shape index (κ1) is 30.0. The fourth-order valence-corrected chi connectivity index (χ4v) is 5.43. The number of unbranched alkanes of at least 4 members (excludes halogenated alkanes) is 1. The Morgan fingerprint density at radius 3 is 2.11 bits per heavy atom. The second-order valence-electron chi connectivity index (χ2n) is 10.5. The zero-order chi connectivity index (χ0) is 26.3. The molecule has 1 aliphatic carbocycles. The summed E-state index contributed by atoms with van der Waals surface area (Å²) in [4.78, 5) is 12.5. The number of hydrogen-bond acceptors (Lipinski definition) is 6. The zero-order valence-electron chi connectivity index (χ0n) is 22.6. The Bertz CT molecular complexity index is 714. The molecule has 0 amide bonds. The first-order chi connectivity index (χ1) is 18.0. The van der Waals surface area contributed by atoms with Crippen molar-refractivity contribution >= 4 is 5.97 Å². The number of ether oxygens (including phenoxy) is 4. The van der Waals surface area contributed by atoms with Gasteiger partial charge in [0.25, 0.3) is 5.79 Å². The molecule has 2 unspecified atom stereocenters. The van der Waals surface area contributed by atoms with Crippen molar-refractivity contribution < 1.29 is 34.0 Å². The van der Waals surface area contributed by atoms with E-state index in [9.17, 15) is 15.0 Å². The highest BCUT2D eigenvalue weighted by Crippen LogP contribution is 2.36. The molecule has 7 heteroatoms. The van der Waals surface area contributed by atoms with Crippen molar-refractivity contribution in [2.24, 2.45) is 11.8 Å². The van der Waals surface area contributed by atoms with Crippen molar-refractivity contribution in [2.45, 2.75) is 121 Å². The molecule has 37 heavy (non-hydrogen) atoms. The molecule has 3 fully saturated rings. The second-order valence-corrected chi connectivity index (χ2v) is 10.5. The Morgan fingerprint density at radius 2 is 1.51 bits per heavy atom. The van der Waals surface area contributed by atoms with E-state index in [0.29, 0.717) is 38.4 Å². The van der Waals surface area contributed by atoms with Gasteiger partial charge in [-0.2, -0.15) is 0 Å². The van der Waals surface area contributed by atoms with Crippen LogP contribution >= 0.6 is 0 Å². The lowest BCUT2D eigenvalue weighted by atomic mass is 9.90. The molecule has 7 nitrogen and oxygen atoms in total. The van der Waals surface area contributed by atoms with Gasteiger partial charge in [0.05, 0.1) is 6.10 Å². The van der Waals surface area contributed by atoms with Crippen molar-refractivity contribution in [1.82, 2.24) is 0 Å². The van der Waals surface area contributed by atoms with E-state index in [1.54, 1.807) is 0 Å². The van der Waals surface area contributed by atoms with Crippen LogP contribution in [0.25, 0.3) is 0 Å². The maximum absolute atomic E-state index is 12.5. The van der Waals surface area contributed by atoms with Crippen LogP contribution in [-0.2, 0) is 23.7 Å². The molecule has 3 rings (SSSR count). The van der Waals surface area contributed by atoms with Gasteiger partial charge in [0.15, 0.2) is 12.6 Å².